The summed E-state index contributed by atoms with van der Waals surface area (Å²) >= 11 is 5.86. The van der Waals surface area contributed by atoms with Crippen molar-refractivity contribution in [3.63, 3.8) is 0 Å². The summed E-state index contributed by atoms with van der Waals surface area (Å²) in [5.74, 6) is 0.286. The number of hydrogen-bond acceptors (Lipinski definition) is 5. The van der Waals surface area contributed by atoms with E-state index in [0.717, 1.165) is 5.69 Å². The SMILES string of the molecule is Cc1cc(/C(=C\Nc2cccnc2)C(=O)Nc2ccc(Cl)cc2)no1. The number of nitrogens with one attached hydrogen (secondary N) is 2. The molecule has 0 aliphatic rings. The molecule has 3 aromatic rings. The topological polar surface area (TPSA) is 80.0 Å². The van der Waals surface area contributed by atoms with E-state index in [2.05, 4.69) is 20.8 Å². The molecule has 7 heteroatoms. The summed E-state index contributed by atoms with van der Waals surface area (Å²) in [6, 6.07) is 12.2. The highest BCUT2D eigenvalue weighted by atomic mass is 35.5. The quantitative estimate of drug-likeness (QED) is 0.673. The van der Waals surface area contributed by atoms with Gasteiger partial charge in [0, 0.05) is 29.2 Å². The maximum absolute atomic E-state index is 12.7. The normalized spacial score (nSPS) is 11.2. The average Bonchev–Trinajstić information content (AvgIpc) is 3.04. The number of benzene rings is 1. The number of carbonyl (C=O) groups is 1. The van der Waals surface area contributed by atoms with Crippen LogP contribution in [0.1, 0.15) is 11.5 Å². The molecule has 0 aliphatic heterocycles. The van der Waals surface area contributed by atoms with Crippen molar-refractivity contribution in [3.8, 4) is 0 Å². The van der Waals surface area contributed by atoms with Crippen LogP contribution in [0.3, 0.4) is 0 Å². The zero-order chi connectivity index (χ0) is 17.6. The number of halogens is 1. The zero-order valence-corrected chi connectivity index (χ0v) is 14.1. The molecule has 1 amide bonds. The lowest BCUT2D eigenvalue weighted by atomic mass is 10.1. The van der Waals surface area contributed by atoms with E-state index >= 15 is 0 Å². The Labute approximate surface area is 149 Å². The van der Waals surface area contributed by atoms with Crippen molar-refractivity contribution in [1.29, 1.82) is 0 Å². The van der Waals surface area contributed by atoms with Crippen LogP contribution in [0.2, 0.25) is 5.02 Å². The Kier molecular flexibility index (Phi) is 5.11. The van der Waals surface area contributed by atoms with Gasteiger partial charge in [-0.25, -0.2) is 0 Å². The minimum absolute atomic E-state index is 0.327. The second-order valence-electron chi connectivity index (χ2n) is 5.23. The van der Waals surface area contributed by atoms with Crippen LogP contribution in [-0.4, -0.2) is 16.0 Å². The van der Waals surface area contributed by atoms with E-state index in [-0.39, 0.29) is 5.91 Å². The van der Waals surface area contributed by atoms with Crippen molar-refractivity contribution in [3.05, 3.63) is 77.5 Å². The number of anilines is 2. The second-order valence-corrected chi connectivity index (χ2v) is 5.66. The van der Waals surface area contributed by atoms with Gasteiger partial charge in [-0.1, -0.05) is 16.8 Å². The standard InChI is InChI=1S/C18H15ClN4O2/c1-12-9-17(23-25-12)16(11-21-15-3-2-8-20-10-15)18(24)22-14-6-4-13(19)5-7-14/h2-11,21H,1H3,(H,22,24)/b16-11+. The van der Waals surface area contributed by atoms with Gasteiger partial charge in [0.2, 0.25) is 0 Å². The minimum atomic E-state index is -0.327. The Morgan fingerprint density at radius 2 is 2.00 bits per heavy atom. The van der Waals surface area contributed by atoms with Crippen molar-refractivity contribution < 1.29 is 9.32 Å². The van der Waals surface area contributed by atoms with Gasteiger partial charge in [0.25, 0.3) is 5.91 Å². The highest BCUT2D eigenvalue weighted by molar-refractivity contribution is 6.30. The third-order valence-corrected chi connectivity index (χ3v) is 3.55. The summed E-state index contributed by atoms with van der Waals surface area (Å²) < 4.78 is 5.09. The van der Waals surface area contributed by atoms with E-state index in [9.17, 15) is 4.79 Å². The molecule has 0 saturated carbocycles. The number of rotatable bonds is 5. The molecule has 0 saturated heterocycles. The van der Waals surface area contributed by atoms with Gasteiger partial charge in [-0.15, -0.1) is 0 Å². The minimum Gasteiger partial charge on any atom is -0.361 e. The predicted octanol–water partition coefficient (Wildman–Crippen LogP) is 4.12. The number of carbonyl (C=O) groups excluding carboxylic acids is 1. The molecule has 0 spiro atoms. The summed E-state index contributed by atoms with van der Waals surface area (Å²) in [6.45, 7) is 1.76. The number of pyridine rings is 1. The number of nitrogens with zero attached hydrogens (tertiary/aromatic N) is 2. The van der Waals surface area contributed by atoms with Gasteiger partial charge >= 0.3 is 0 Å². The molecule has 6 nitrogen and oxygen atoms in total. The van der Waals surface area contributed by atoms with Crippen molar-refractivity contribution >= 4 is 34.5 Å². The van der Waals surface area contributed by atoms with Gasteiger partial charge in [0.1, 0.15) is 11.5 Å². The van der Waals surface area contributed by atoms with Crippen LogP contribution < -0.4 is 10.6 Å². The van der Waals surface area contributed by atoms with Crippen molar-refractivity contribution in [2.45, 2.75) is 6.92 Å². The molecule has 0 bridgehead atoms. The Bertz CT molecular complexity index is 889. The number of aryl methyl sites for hydroxylation is 1. The van der Waals surface area contributed by atoms with E-state index in [1.165, 1.54) is 0 Å². The van der Waals surface area contributed by atoms with E-state index in [1.54, 1.807) is 61.9 Å². The van der Waals surface area contributed by atoms with Crippen LogP contribution in [0.15, 0.2) is 65.6 Å². The third kappa shape index (κ3) is 4.45. The predicted molar refractivity (Wildman–Crippen MR) is 97.2 cm³/mol. The van der Waals surface area contributed by atoms with Crippen molar-refractivity contribution in [1.82, 2.24) is 10.1 Å². The van der Waals surface area contributed by atoms with Crippen LogP contribution in [0.5, 0.6) is 0 Å². The number of hydrogen-bond donors (Lipinski definition) is 2. The largest absolute Gasteiger partial charge is 0.361 e. The lowest BCUT2D eigenvalue weighted by molar-refractivity contribution is -0.111. The molecule has 0 aliphatic carbocycles. The Balaban J connectivity index is 1.85. The first-order valence-electron chi connectivity index (χ1n) is 7.49. The molecule has 0 fully saturated rings. The molecular formula is C18H15ClN4O2. The number of amides is 1. The first kappa shape index (κ1) is 16.7. The maximum Gasteiger partial charge on any atom is 0.259 e. The van der Waals surface area contributed by atoms with Crippen LogP contribution >= 0.6 is 11.6 Å². The van der Waals surface area contributed by atoms with Gasteiger partial charge in [-0.3, -0.25) is 9.78 Å². The van der Waals surface area contributed by atoms with Gasteiger partial charge in [-0.05, 0) is 43.3 Å². The van der Waals surface area contributed by atoms with Gasteiger partial charge in [0.15, 0.2) is 0 Å². The van der Waals surface area contributed by atoms with E-state index in [0.29, 0.717) is 27.7 Å². The summed E-state index contributed by atoms with van der Waals surface area (Å²) in [5, 5.41) is 10.4. The zero-order valence-electron chi connectivity index (χ0n) is 13.4. The molecule has 0 atom stereocenters. The number of aromatic nitrogens is 2. The second kappa shape index (κ2) is 7.63. The fourth-order valence-corrected chi connectivity index (χ4v) is 2.21. The van der Waals surface area contributed by atoms with Crippen LogP contribution in [0.25, 0.3) is 5.57 Å². The summed E-state index contributed by atoms with van der Waals surface area (Å²) in [7, 11) is 0. The Hall–Kier alpha value is -3.12. The van der Waals surface area contributed by atoms with Crippen LogP contribution in [0.4, 0.5) is 11.4 Å². The maximum atomic E-state index is 12.7. The molecule has 2 heterocycles. The average molecular weight is 355 g/mol. The fourth-order valence-electron chi connectivity index (χ4n) is 2.08. The first-order chi connectivity index (χ1) is 12.1. The molecule has 126 valence electrons. The van der Waals surface area contributed by atoms with Gasteiger partial charge < -0.3 is 15.2 Å². The third-order valence-electron chi connectivity index (χ3n) is 3.30. The van der Waals surface area contributed by atoms with Crippen LogP contribution in [-0.2, 0) is 4.79 Å². The Morgan fingerprint density at radius 3 is 2.64 bits per heavy atom. The summed E-state index contributed by atoms with van der Waals surface area (Å²) in [4.78, 5) is 16.7. The smallest absolute Gasteiger partial charge is 0.259 e. The molecule has 1 aromatic carbocycles. The molecule has 0 radical (unpaired) electrons. The van der Waals surface area contributed by atoms with Crippen LogP contribution in [0, 0.1) is 6.92 Å². The summed E-state index contributed by atoms with van der Waals surface area (Å²) in [6.07, 6.45) is 4.89. The van der Waals surface area contributed by atoms with Crippen molar-refractivity contribution in [2.75, 3.05) is 10.6 Å². The lowest BCUT2D eigenvalue weighted by Crippen LogP contribution is -2.15. The highest BCUT2D eigenvalue weighted by Gasteiger charge is 2.16. The lowest BCUT2D eigenvalue weighted by Gasteiger charge is -2.08. The van der Waals surface area contributed by atoms with Gasteiger partial charge in [0.05, 0.1) is 17.5 Å². The molecule has 0 unspecified atom stereocenters. The molecule has 3 rings (SSSR count). The van der Waals surface area contributed by atoms with Crippen molar-refractivity contribution in [2.24, 2.45) is 0 Å². The molecule has 2 aromatic heterocycles. The van der Waals surface area contributed by atoms with Gasteiger partial charge in [-0.2, -0.15) is 0 Å². The Morgan fingerprint density at radius 1 is 1.20 bits per heavy atom. The molecule has 25 heavy (non-hydrogen) atoms. The fraction of sp³-hybridized carbons (Fsp3) is 0.0556. The van der Waals surface area contributed by atoms with E-state index < -0.39 is 0 Å². The summed E-state index contributed by atoms with van der Waals surface area (Å²) in [5.41, 5.74) is 2.14. The molecule has 2 N–H and O–H groups in total. The van der Waals surface area contributed by atoms with E-state index in [4.69, 9.17) is 16.1 Å². The van der Waals surface area contributed by atoms with E-state index in [1.807, 2.05) is 6.07 Å². The highest BCUT2D eigenvalue weighted by Crippen LogP contribution is 2.19. The molecular weight excluding hydrogens is 340 g/mol. The monoisotopic (exact) mass is 354 g/mol. The first-order valence-corrected chi connectivity index (χ1v) is 7.87.